The van der Waals surface area contributed by atoms with Crippen LogP contribution in [-0.2, 0) is 0 Å². The van der Waals surface area contributed by atoms with Crippen LogP contribution in [0.1, 0.15) is 23.1 Å². The average Bonchev–Trinajstić information content (AvgIpc) is 2.67. The van der Waals surface area contributed by atoms with E-state index in [2.05, 4.69) is 32.3 Å². The number of hydrogen-bond donors (Lipinski definition) is 1. The van der Waals surface area contributed by atoms with Crippen LogP contribution in [0.25, 0.3) is 0 Å². The number of aryl methyl sites for hydroxylation is 1. The molecule has 0 saturated carbocycles. The van der Waals surface area contributed by atoms with E-state index in [0.29, 0.717) is 0 Å². The van der Waals surface area contributed by atoms with Crippen LogP contribution >= 0.6 is 15.9 Å². The Hall–Kier alpha value is -1.13. The molecule has 0 aliphatic rings. The van der Waals surface area contributed by atoms with E-state index in [9.17, 15) is 0 Å². The molecule has 84 valence electrons. The van der Waals surface area contributed by atoms with Crippen LogP contribution in [0, 0.1) is 6.92 Å². The predicted octanol–water partition coefficient (Wildman–Crippen LogP) is 3.05. The molecule has 4 heteroatoms. The van der Waals surface area contributed by atoms with Crippen molar-refractivity contribution in [2.75, 3.05) is 7.05 Å². The van der Waals surface area contributed by atoms with Crippen molar-refractivity contribution in [3.05, 3.63) is 52.1 Å². The quantitative estimate of drug-likeness (QED) is 0.939. The summed E-state index contributed by atoms with van der Waals surface area (Å²) in [5.74, 6) is 0.883. The molecule has 0 aromatic carbocycles. The van der Waals surface area contributed by atoms with E-state index in [1.54, 1.807) is 6.26 Å². The largest absolute Gasteiger partial charge is 0.466 e. The third-order valence-corrected chi connectivity index (χ3v) is 3.10. The monoisotopic (exact) mass is 280 g/mol. The van der Waals surface area contributed by atoms with Crippen LogP contribution in [0.15, 0.2) is 39.5 Å². The minimum atomic E-state index is 0.0473. The number of pyridine rings is 1. The van der Waals surface area contributed by atoms with Crippen LogP contribution < -0.4 is 5.32 Å². The van der Waals surface area contributed by atoms with Crippen molar-refractivity contribution in [1.29, 1.82) is 0 Å². The smallest absolute Gasteiger partial charge is 0.139 e. The number of furan rings is 1. The highest BCUT2D eigenvalue weighted by Crippen LogP contribution is 2.29. The van der Waals surface area contributed by atoms with Crippen molar-refractivity contribution in [1.82, 2.24) is 10.3 Å². The second-order valence-corrected chi connectivity index (χ2v) is 4.44. The Morgan fingerprint density at radius 2 is 2.25 bits per heavy atom. The number of aromatic nitrogens is 1. The summed E-state index contributed by atoms with van der Waals surface area (Å²) in [4.78, 5) is 4.19. The number of hydrogen-bond acceptors (Lipinski definition) is 3. The summed E-state index contributed by atoms with van der Waals surface area (Å²) >= 11 is 3.47. The van der Waals surface area contributed by atoms with Crippen LogP contribution in [0.5, 0.6) is 0 Å². The van der Waals surface area contributed by atoms with Gasteiger partial charge in [-0.05, 0) is 53.7 Å². The van der Waals surface area contributed by atoms with Crippen molar-refractivity contribution >= 4 is 15.9 Å². The lowest BCUT2D eigenvalue weighted by Crippen LogP contribution is -2.17. The lowest BCUT2D eigenvalue weighted by Gasteiger charge is -2.15. The fraction of sp³-hybridized carbons (Fsp3) is 0.250. The standard InChI is InChI=1S/C12H13BrN2O/c1-8-7-9(3-5-15-8)11(14-2)12-10(13)4-6-16-12/h3-7,11,14H,1-2H3. The fourth-order valence-electron chi connectivity index (χ4n) is 1.71. The molecule has 2 aromatic rings. The van der Waals surface area contributed by atoms with Gasteiger partial charge in [-0.1, -0.05) is 0 Å². The number of nitrogens with zero attached hydrogens (tertiary/aromatic N) is 1. The van der Waals surface area contributed by atoms with Crippen LogP contribution in [0.4, 0.5) is 0 Å². The maximum Gasteiger partial charge on any atom is 0.139 e. The Kier molecular flexibility index (Phi) is 3.41. The highest BCUT2D eigenvalue weighted by atomic mass is 79.9. The zero-order chi connectivity index (χ0) is 11.5. The first-order valence-corrected chi connectivity index (χ1v) is 5.84. The summed E-state index contributed by atoms with van der Waals surface area (Å²) in [6.45, 7) is 1.98. The maximum absolute atomic E-state index is 5.48. The van der Waals surface area contributed by atoms with E-state index in [-0.39, 0.29) is 6.04 Å². The normalized spacial score (nSPS) is 12.7. The van der Waals surface area contributed by atoms with Gasteiger partial charge in [0.15, 0.2) is 0 Å². The third kappa shape index (κ3) is 2.18. The minimum Gasteiger partial charge on any atom is -0.466 e. The number of halogens is 1. The van der Waals surface area contributed by atoms with Gasteiger partial charge in [0.1, 0.15) is 5.76 Å². The van der Waals surface area contributed by atoms with Gasteiger partial charge in [-0.2, -0.15) is 0 Å². The van der Waals surface area contributed by atoms with Gasteiger partial charge >= 0.3 is 0 Å². The van der Waals surface area contributed by atoms with Gasteiger partial charge in [-0.3, -0.25) is 4.98 Å². The molecule has 2 heterocycles. The van der Waals surface area contributed by atoms with Crippen LogP contribution in [0.3, 0.4) is 0 Å². The van der Waals surface area contributed by atoms with Crippen LogP contribution in [-0.4, -0.2) is 12.0 Å². The van der Waals surface area contributed by atoms with E-state index in [0.717, 1.165) is 21.5 Å². The lowest BCUT2D eigenvalue weighted by molar-refractivity contribution is 0.460. The predicted molar refractivity (Wildman–Crippen MR) is 66.3 cm³/mol. The maximum atomic E-state index is 5.48. The summed E-state index contributed by atoms with van der Waals surface area (Å²) < 4.78 is 6.46. The highest BCUT2D eigenvalue weighted by molar-refractivity contribution is 9.10. The minimum absolute atomic E-state index is 0.0473. The Balaban J connectivity index is 2.40. The Bertz CT molecular complexity index is 481. The summed E-state index contributed by atoms with van der Waals surface area (Å²) in [5, 5.41) is 3.24. The van der Waals surface area contributed by atoms with Gasteiger partial charge in [0, 0.05) is 11.9 Å². The average molecular weight is 281 g/mol. The van der Waals surface area contributed by atoms with E-state index < -0.39 is 0 Å². The topological polar surface area (TPSA) is 38.1 Å². The molecule has 0 bridgehead atoms. The molecule has 16 heavy (non-hydrogen) atoms. The zero-order valence-electron chi connectivity index (χ0n) is 9.20. The molecule has 0 radical (unpaired) electrons. The second kappa shape index (κ2) is 4.80. The first-order valence-electron chi connectivity index (χ1n) is 5.05. The molecule has 2 aromatic heterocycles. The van der Waals surface area contributed by atoms with E-state index in [1.165, 1.54) is 0 Å². The Labute approximate surface area is 103 Å². The summed E-state index contributed by atoms with van der Waals surface area (Å²) in [7, 11) is 1.91. The van der Waals surface area contributed by atoms with Gasteiger partial charge in [0.05, 0.1) is 16.8 Å². The number of rotatable bonds is 3. The van der Waals surface area contributed by atoms with E-state index >= 15 is 0 Å². The van der Waals surface area contributed by atoms with Crippen molar-refractivity contribution in [3.8, 4) is 0 Å². The third-order valence-electron chi connectivity index (χ3n) is 2.45. The van der Waals surface area contributed by atoms with Crippen molar-refractivity contribution in [2.24, 2.45) is 0 Å². The molecular formula is C12H13BrN2O. The van der Waals surface area contributed by atoms with Crippen molar-refractivity contribution in [3.63, 3.8) is 0 Å². The zero-order valence-corrected chi connectivity index (χ0v) is 10.8. The molecule has 2 rings (SSSR count). The van der Waals surface area contributed by atoms with Crippen molar-refractivity contribution in [2.45, 2.75) is 13.0 Å². The van der Waals surface area contributed by atoms with E-state index in [1.807, 2.05) is 32.3 Å². The molecule has 0 aliphatic carbocycles. The number of nitrogens with one attached hydrogen (secondary N) is 1. The van der Waals surface area contributed by atoms with Gasteiger partial charge in [0.25, 0.3) is 0 Å². The summed E-state index contributed by atoms with van der Waals surface area (Å²) in [6, 6.07) is 5.98. The SMILES string of the molecule is CNC(c1ccnc(C)c1)c1occc1Br. The molecule has 0 spiro atoms. The molecule has 1 N–H and O–H groups in total. The van der Waals surface area contributed by atoms with Gasteiger partial charge in [-0.25, -0.2) is 0 Å². The van der Waals surface area contributed by atoms with Gasteiger partial charge in [-0.15, -0.1) is 0 Å². The fourth-order valence-corrected chi connectivity index (χ4v) is 2.14. The van der Waals surface area contributed by atoms with Gasteiger partial charge in [0.2, 0.25) is 0 Å². The molecule has 0 amide bonds. The molecular weight excluding hydrogens is 268 g/mol. The molecule has 3 nitrogen and oxygen atoms in total. The highest BCUT2D eigenvalue weighted by Gasteiger charge is 2.18. The second-order valence-electron chi connectivity index (χ2n) is 3.59. The molecule has 1 unspecified atom stereocenters. The first kappa shape index (κ1) is 11.4. The molecule has 0 aliphatic heterocycles. The molecule has 0 saturated heterocycles. The summed E-state index contributed by atoms with van der Waals surface area (Å²) in [6.07, 6.45) is 3.49. The van der Waals surface area contributed by atoms with Gasteiger partial charge < -0.3 is 9.73 Å². The van der Waals surface area contributed by atoms with Crippen molar-refractivity contribution < 1.29 is 4.42 Å². The van der Waals surface area contributed by atoms with Crippen LogP contribution in [0.2, 0.25) is 0 Å². The van der Waals surface area contributed by atoms with E-state index in [4.69, 9.17) is 4.42 Å². The molecule has 1 atom stereocenters. The Morgan fingerprint density at radius 1 is 1.44 bits per heavy atom. The lowest BCUT2D eigenvalue weighted by atomic mass is 10.1. The Morgan fingerprint density at radius 3 is 2.81 bits per heavy atom. The first-order chi connectivity index (χ1) is 7.72. The molecule has 0 fully saturated rings. The summed E-state index contributed by atoms with van der Waals surface area (Å²) in [5.41, 5.74) is 2.14.